The maximum absolute atomic E-state index is 12.0. The maximum Gasteiger partial charge on any atom is 0.323 e. The smallest absolute Gasteiger partial charge is 0.323 e. The number of anilines is 2. The van der Waals surface area contributed by atoms with E-state index in [1.54, 1.807) is 19.2 Å². The summed E-state index contributed by atoms with van der Waals surface area (Å²) in [6.07, 6.45) is 0. The van der Waals surface area contributed by atoms with E-state index in [1.165, 1.54) is 0 Å². The first-order valence-corrected chi connectivity index (χ1v) is 6.73. The van der Waals surface area contributed by atoms with Gasteiger partial charge in [-0.3, -0.25) is 5.10 Å². The van der Waals surface area contributed by atoms with Crippen molar-refractivity contribution in [3.63, 3.8) is 0 Å². The topological polar surface area (TPSA) is 79.0 Å². The second kappa shape index (κ2) is 5.96. The largest absolute Gasteiger partial charge is 0.495 e. The molecule has 0 radical (unpaired) electrons. The number of ether oxygens (including phenoxy) is 1. The molecule has 0 atom stereocenters. The third-order valence-corrected chi connectivity index (χ3v) is 3.27. The predicted molar refractivity (Wildman–Crippen MR) is 81.4 cm³/mol. The van der Waals surface area contributed by atoms with Crippen molar-refractivity contribution in [1.82, 2.24) is 10.2 Å². The molecule has 0 saturated carbocycles. The molecular weight excluding hydrogens is 324 g/mol. The van der Waals surface area contributed by atoms with Crippen LogP contribution < -0.4 is 15.4 Å². The number of aryl methyl sites for hydroxylation is 2. The number of halogens is 1. The summed E-state index contributed by atoms with van der Waals surface area (Å²) in [5.74, 6) is 0.587. The average molecular weight is 339 g/mol. The minimum atomic E-state index is -0.353. The van der Waals surface area contributed by atoms with Gasteiger partial charge in [0.25, 0.3) is 0 Å². The van der Waals surface area contributed by atoms with Crippen molar-refractivity contribution in [2.75, 3.05) is 17.7 Å². The van der Waals surface area contributed by atoms with Crippen LogP contribution in [0.5, 0.6) is 5.75 Å². The standard InChI is InChI=1S/C13H15BrN4O2/c1-7-12(8(2)18-17-7)16-13(19)15-10-6-9(14)4-5-11(10)20-3/h4-6H,1-3H3,(H,17,18)(H2,15,16,19). The Kier molecular flexibility index (Phi) is 4.29. The lowest BCUT2D eigenvalue weighted by molar-refractivity contribution is 0.262. The molecule has 20 heavy (non-hydrogen) atoms. The van der Waals surface area contributed by atoms with Gasteiger partial charge in [0.2, 0.25) is 0 Å². The van der Waals surface area contributed by atoms with E-state index >= 15 is 0 Å². The van der Waals surface area contributed by atoms with Crippen LogP contribution in [0.4, 0.5) is 16.2 Å². The van der Waals surface area contributed by atoms with Gasteiger partial charge in [-0.1, -0.05) is 15.9 Å². The number of nitrogens with one attached hydrogen (secondary N) is 3. The molecule has 2 aromatic rings. The highest BCUT2D eigenvalue weighted by atomic mass is 79.9. The molecule has 7 heteroatoms. The summed E-state index contributed by atoms with van der Waals surface area (Å²) in [5.41, 5.74) is 2.80. The van der Waals surface area contributed by atoms with Crippen LogP contribution >= 0.6 is 15.9 Å². The number of H-pyrrole nitrogens is 1. The number of hydrogen-bond acceptors (Lipinski definition) is 3. The molecule has 0 aliphatic heterocycles. The van der Waals surface area contributed by atoms with Crippen LogP contribution in [0.25, 0.3) is 0 Å². The first-order valence-electron chi connectivity index (χ1n) is 5.94. The minimum Gasteiger partial charge on any atom is -0.495 e. The highest BCUT2D eigenvalue weighted by Crippen LogP contribution is 2.28. The quantitative estimate of drug-likeness (QED) is 0.801. The fraction of sp³-hybridized carbons (Fsp3) is 0.231. The van der Waals surface area contributed by atoms with E-state index in [2.05, 4.69) is 36.8 Å². The highest BCUT2D eigenvalue weighted by molar-refractivity contribution is 9.10. The molecule has 106 valence electrons. The lowest BCUT2D eigenvalue weighted by atomic mass is 10.3. The van der Waals surface area contributed by atoms with Crippen molar-refractivity contribution in [1.29, 1.82) is 0 Å². The van der Waals surface area contributed by atoms with Crippen molar-refractivity contribution in [3.05, 3.63) is 34.1 Å². The van der Waals surface area contributed by atoms with Crippen LogP contribution in [-0.4, -0.2) is 23.3 Å². The molecule has 0 fully saturated rings. The Bertz CT molecular complexity index is 620. The number of carbonyl (C=O) groups excluding carboxylic acids is 1. The van der Waals surface area contributed by atoms with Gasteiger partial charge in [-0.15, -0.1) is 0 Å². The normalized spacial score (nSPS) is 10.2. The first-order chi connectivity index (χ1) is 9.51. The Labute approximate surface area is 125 Å². The van der Waals surface area contributed by atoms with Crippen LogP contribution in [-0.2, 0) is 0 Å². The number of rotatable bonds is 3. The van der Waals surface area contributed by atoms with Gasteiger partial charge in [0.15, 0.2) is 0 Å². The summed E-state index contributed by atoms with van der Waals surface area (Å²) in [6.45, 7) is 3.66. The van der Waals surface area contributed by atoms with Gasteiger partial charge in [0.1, 0.15) is 5.75 Å². The lowest BCUT2D eigenvalue weighted by Gasteiger charge is -2.11. The van der Waals surface area contributed by atoms with Gasteiger partial charge in [0.05, 0.1) is 29.9 Å². The summed E-state index contributed by atoms with van der Waals surface area (Å²) >= 11 is 3.36. The second-order valence-corrected chi connectivity index (χ2v) is 5.15. The number of amides is 2. The average Bonchev–Trinajstić information content (AvgIpc) is 2.71. The lowest BCUT2D eigenvalue weighted by Crippen LogP contribution is -2.20. The van der Waals surface area contributed by atoms with Crippen molar-refractivity contribution >= 4 is 33.3 Å². The Balaban J connectivity index is 2.14. The van der Waals surface area contributed by atoms with Crippen LogP contribution in [0, 0.1) is 13.8 Å². The van der Waals surface area contributed by atoms with Gasteiger partial charge in [-0.25, -0.2) is 4.79 Å². The molecule has 2 rings (SSSR count). The number of methoxy groups -OCH3 is 1. The van der Waals surface area contributed by atoms with Crippen LogP contribution in [0.2, 0.25) is 0 Å². The van der Waals surface area contributed by atoms with E-state index in [-0.39, 0.29) is 6.03 Å². The number of carbonyl (C=O) groups is 1. The van der Waals surface area contributed by atoms with Gasteiger partial charge >= 0.3 is 6.03 Å². The van der Waals surface area contributed by atoms with Crippen molar-refractivity contribution < 1.29 is 9.53 Å². The van der Waals surface area contributed by atoms with Crippen LogP contribution in [0.1, 0.15) is 11.4 Å². The molecule has 0 aliphatic rings. The summed E-state index contributed by atoms with van der Waals surface area (Å²) < 4.78 is 6.05. The number of aromatic amines is 1. The molecule has 3 N–H and O–H groups in total. The highest BCUT2D eigenvalue weighted by Gasteiger charge is 2.12. The molecule has 1 aromatic carbocycles. The molecule has 0 saturated heterocycles. The van der Waals surface area contributed by atoms with Crippen LogP contribution in [0.3, 0.4) is 0 Å². The fourth-order valence-corrected chi connectivity index (χ4v) is 2.14. The van der Waals surface area contributed by atoms with Gasteiger partial charge in [0, 0.05) is 4.47 Å². The molecule has 0 bridgehead atoms. The van der Waals surface area contributed by atoms with Gasteiger partial charge < -0.3 is 15.4 Å². The molecule has 1 heterocycles. The first kappa shape index (κ1) is 14.4. The van der Waals surface area contributed by atoms with Crippen LogP contribution in [0.15, 0.2) is 22.7 Å². The molecule has 6 nitrogen and oxygen atoms in total. The van der Waals surface area contributed by atoms with E-state index in [4.69, 9.17) is 4.74 Å². The van der Waals surface area contributed by atoms with E-state index in [9.17, 15) is 4.79 Å². The van der Waals surface area contributed by atoms with E-state index < -0.39 is 0 Å². The second-order valence-electron chi connectivity index (χ2n) is 4.23. The summed E-state index contributed by atoms with van der Waals surface area (Å²) in [5, 5.41) is 12.3. The third kappa shape index (κ3) is 3.11. The van der Waals surface area contributed by atoms with E-state index in [0.717, 1.165) is 15.9 Å². The van der Waals surface area contributed by atoms with Crippen molar-refractivity contribution in [2.24, 2.45) is 0 Å². The zero-order chi connectivity index (χ0) is 14.7. The summed E-state index contributed by atoms with van der Waals surface area (Å²) in [7, 11) is 1.55. The predicted octanol–water partition coefficient (Wildman–Crippen LogP) is 3.44. The third-order valence-electron chi connectivity index (χ3n) is 2.78. The molecule has 0 spiro atoms. The molecular formula is C13H15BrN4O2. The number of aromatic nitrogens is 2. The Morgan fingerprint density at radius 1 is 1.35 bits per heavy atom. The maximum atomic E-state index is 12.0. The minimum absolute atomic E-state index is 0.353. The monoisotopic (exact) mass is 338 g/mol. The number of urea groups is 1. The number of hydrogen-bond donors (Lipinski definition) is 3. The molecule has 1 aromatic heterocycles. The number of nitrogens with zero attached hydrogens (tertiary/aromatic N) is 1. The zero-order valence-corrected chi connectivity index (χ0v) is 13.0. The van der Waals surface area contributed by atoms with Gasteiger partial charge in [-0.2, -0.15) is 5.10 Å². The summed E-state index contributed by atoms with van der Waals surface area (Å²) in [4.78, 5) is 12.0. The summed E-state index contributed by atoms with van der Waals surface area (Å²) in [6, 6.07) is 5.03. The Hall–Kier alpha value is -2.02. The van der Waals surface area contributed by atoms with E-state index in [0.29, 0.717) is 17.1 Å². The fourth-order valence-electron chi connectivity index (χ4n) is 1.78. The molecule has 0 aliphatic carbocycles. The molecule has 0 unspecified atom stereocenters. The Morgan fingerprint density at radius 2 is 2.10 bits per heavy atom. The molecule has 2 amide bonds. The van der Waals surface area contributed by atoms with Gasteiger partial charge in [-0.05, 0) is 32.0 Å². The van der Waals surface area contributed by atoms with E-state index in [1.807, 2.05) is 19.9 Å². The SMILES string of the molecule is COc1ccc(Br)cc1NC(=O)Nc1c(C)n[nH]c1C. The number of benzene rings is 1. The van der Waals surface area contributed by atoms with Crippen molar-refractivity contribution in [3.8, 4) is 5.75 Å². The Morgan fingerprint density at radius 3 is 2.70 bits per heavy atom. The zero-order valence-electron chi connectivity index (χ0n) is 11.4. The van der Waals surface area contributed by atoms with Crippen molar-refractivity contribution in [2.45, 2.75) is 13.8 Å².